The minimum Gasteiger partial charge on any atom is -0.356 e. The molecule has 0 atom stereocenters. The van der Waals surface area contributed by atoms with E-state index in [4.69, 9.17) is 0 Å². The summed E-state index contributed by atoms with van der Waals surface area (Å²) in [4.78, 5) is 24.6. The van der Waals surface area contributed by atoms with Gasteiger partial charge in [-0.1, -0.05) is 30.3 Å². The average molecular weight is 324 g/mol. The number of likely N-dealkylation sites (N-methyl/N-ethyl adjacent to an activating group) is 1. The van der Waals surface area contributed by atoms with Gasteiger partial charge >= 0.3 is 0 Å². The summed E-state index contributed by atoms with van der Waals surface area (Å²) in [5.74, 6) is 0.170. The molecule has 1 heterocycles. The predicted molar refractivity (Wildman–Crippen MR) is 94.4 cm³/mol. The van der Waals surface area contributed by atoms with Crippen molar-refractivity contribution in [2.45, 2.75) is 46.1 Å². The first-order valence-corrected chi connectivity index (χ1v) is 8.66. The summed E-state index contributed by atoms with van der Waals surface area (Å²) in [5.41, 5.74) is 5.08. The van der Waals surface area contributed by atoms with Crippen molar-refractivity contribution in [3.05, 3.63) is 58.4 Å². The Morgan fingerprint density at radius 2 is 1.96 bits per heavy atom. The summed E-state index contributed by atoms with van der Waals surface area (Å²) >= 11 is 0. The SMILES string of the molecule is CCNC(=O)Cc1c2c(n(Cc3ccccc3)c1C)CCCC2=O. The Hall–Kier alpha value is -2.36. The standard InChI is InChI=1S/C20H24N2O2/c1-3-21-19(24)12-16-14(2)22(13-15-8-5-4-6-9-15)17-10-7-11-18(23)20(16)17/h4-6,8-9H,3,7,10-13H2,1-2H3,(H,21,24). The summed E-state index contributed by atoms with van der Waals surface area (Å²) < 4.78 is 2.23. The normalized spacial score (nSPS) is 13.7. The number of carbonyl (C=O) groups excluding carboxylic acids is 2. The highest BCUT2D eigenvalue weighted by Crippen LogP contribution is 2.31. The molecule has 1 aromatic carbocycles. The molecule has 1 aromatic heterocycles. The Morgan fingerprint density at radius 1 is 1.21 bits per heavy atom. The molecular formula is C20H24N2O2. The molecule has 0 saturated heterocycles. The molecule has 1 aliphatic carbocycles. The molecule has 0 unspecified atom stereocenters. The molecule has 1 amide bonds. The third kappa shape index (κ3) is 3.14. The zero-order valence-electron chi connectivity index (χ0n) is 14.4. The van der Waals surface area contributed by atoms with Crippen LogP contribution >= 0.6 is 0 Å². The molecule has 126 valence electrons. The molecule has 4 heteroatoms. The number of nitrogens with one attached hydrogen (secondary N) is 1. The number of ketones is 1. The Kier molecular flexibility index (Phi) is 4.84. The summed E-state index contributed by atoms with van der Waals surface area (Å²) in [6.45, 7) is 5.30. The maximum Gasteiger partial charge on any atom is 0.224 e. The van der Waals surface area contributed by atoms with Crippen LogP contribution in [0.4, 0.5) is 0 Å². The van der Waals surface area contributed by atoms with Gasteiger partial charge in [-0.25, -0.2) is 0 Å². The third-order valence-corrected chi connectivity index (χ3v) is 4.75. The number of benzene rings is 1. The van der Waals surface area contributed by atoms with Crippen molar-refractivity contribution in [2.24, 2.45) is 0 Å². The van der Waals surface area contributed by atoms with Crippen LogP contribution in [0.1, 0.15) is 52.6 Å². The molecule has 0 fully saturated rings. The highest BCUT2D eigenvalue weighted by atomic mass is 16.1. The van der Waals surface area contributed by atoms with E-state index >= 15 is 0 Å². The number of Topliss-reactive ketones (excluding diaryl/α,β-unsaturated/α-hetero) is 1. The fourth-order valence-electron chi connectivity index (χ4n) is 3.60. The minimum atomic E-state index is -0.0152. The molecule has 0 spiro atoms. The Bertz CT molecular complexity index is 760. The van der Waals surface area contributed by atoms with E-state index in [1.807, 2.05) is 32.0 Å². The second-order valence-electron chi connectivity index (χ2n) is 6.36. The lowest BCUT2D eigenvalue weighted by Gasteiger charge is -2.16. The molecule has 0 aliphatic heterocycles. The van der Waals surface area contributed by atoms with Gasteiger partial charge in [0, 0.05) is 36.5 Å². The molecule has 2 aromatic rings. The fraction of sp³-hybridized carbons (Fsp3) is 0.400. The zero-order valence-corrected chi connectivity index (χ0v) is 14.4. The van der Waals surface area contributed by atoms with Crippen molar-refractivity contribution < 1.29 is 9.59 Å². The van der Waals surface area contributed by atoms with Crippen molar-refractivity contribution >= 4 is 11.7 Å². The molecule has 0 radical (unpaired) electrons. The summed E-state index contributed by atoms with van der Waals surface area (Å²) in [6, 6.07) is 10.3. The van der Waals surface area contributed by atoms with Crippen molar-refractivity contribution in [3.63, 3.8) is 0 Å². The van der Waals surface area contributed by atoms with Crippen LogP contribution in [-0.4, -0.2) is 22.8 Å². The van der Waals surface area contributed by atoms with Crippen LogP contribution in [0, 0.1) is 6.92 Å². The topological polar surface area (TPSA) is 51.1 Å². The highest BCUT2D eigenvalue weighted by molar-refractivity contribution is 6.01. The quantitative estimate of drug-likeness (QED) is 0.919. The van der Waals surface area contributed by atoms with Crippen LogP contribution in [0.25, 0.3) is 0 Å². The summed E-state index contributed by atoms with van der Waals surface area (Å²) in [5, 5.41) is 2.84. The van der Waals surface area contributed by atoms with Crippen LogP contribution in [0.5, 0.6) is 0 Å². The number of amides is 1. The number of hydrogen-bond donors (Lipinski definition) is 1. The second-order valence-corrected chi connectivity index (χ2v) is 6.36. The first-order chi connectivity index (χ1) is 11.6. The lowest BCUT2D eigenvalue weighted by molar-refractivity contribution is -0.120. The van der Waals surface area contributed by atoms with E-state index in [-0.39, 0.29) is 18.1 Å². The van der Waals surface area contributed by atoms with Crippen molar-refractivity contribution in [3.8, 4) is 0 Å². The van der Waals surface area contributed by atoms with Gasteiger partial charge in [0.05, 0.1) is 6.42 Å². The second kappa shape index (κ2) is 7.04. The molecule has 1 aliphatic rings. The van der Waals surface area contributed by atoms with Crippen LogP contribution in [0.2, 0.25) is 0 Å². The van der Waals surface area contributed by atoms with E-state index in [0.29, 0.717) is 13.0 Å². The monoisotopic (exact) mass is 324 g/mol. The van der Waals surface area contributed by atoms with E-state index in [1.165, 1.54) is 5.56 Å². The van der Waals surface area contributed by atoms with Gasteiger partial charge in [0.2, 0.25) is 5.91 Å². The maximum absolute atomic E-state index is 12.5. The molecular weight excluding hydrogens is 300 g/mol. The van der Waals surface area contributed by atoms with Gasteiger partial charge in [-0.2, -0.15) is 0 Å². The van der Waals surface area contributed by atoms with E-state index in [0.717, 1.165) is 41.9 Å². The number of nitrogens with zero attached hydrogens (tertiary/aromatic N) is 1. The van der Waals surface area contributed by atoms with E-state index in [1.54, 1.807) is 0 Å². The number of rotatable bonds is 5. The zero-order chi connectivity index (χ0) is 17.1. The van der Waals surface area contributed by atoms with Crippen LogP contribution < -0.4 is 5.32 Å². The van der Waals surface area contributed by atoms with Gasteiger partial charge in [0.15, 0.2) is 5.78 Å². The molecule has 1 N–H and O–H groups in total. The van der Waals surface area contributed by atoms with Gasteiger partial charge in [-0.05, 0) is 37.8 Å². The number of fused-ring (bicyclic) bond motifs is 1. The van der Waals surface area contributed by atoms with Crippen LogP contribution in [0.3, 0.4) is 0 Å². The largest absolute Gasteiger partial charge is 0.356 e. The molecule has 24 heavy (non-hydrogen) atoms. The van der Waals surface area contributed by atoms with Gasteiger partial charge in [-0.3, -0.25) is 9.59 Å². The predicted octanol–water partition coefficient (Wildman–Crippen LogP) is 3.04. The maximum atomic E-state index is 12.5. The van der Waals surface area contributed by atoms with Gasteiger partial charge in [0.1, 0.15) is 0 Å². The highest BCUT2D eigenvalue weighted by Gasteiger charge is 2.28. The smallest absolute Gasteiger partial charge is 0.224 e. The lowest BCUT2D eigenvalue weighted by Crippen LogP contribution is -2.25. The lowest BCUT2D eigenvalue weighted by atomic mass is 9.92. The molecule has 0 saturated carbocycles. The van der Waals surface area contributed by atoms with E-state index in [9.17, 15) is 9.59 Å². The number of hydrogen-bond acceptors (Lipinski definition) is 2. The van der Waals surface area contributed by atoms with Gasteiger partial charge in [0.25, 0.3) is 0 Å². The van der Waals surface area contributed by atoms with Crippen molar-refractivity contribution in [1.82, 2.24) is 9.88 Å². The van der Waals surface area contributed by atoms with Crippen LogP contribution in [0.15, 0.2) is 30.3 Å². The van der Waals surface area contributed by atoms with Crippen molar-refractivity contribution in [2.75, 3.05) is 6.54 Å². The van der Waals surface area contributed by atoms with Gasteiger partial charge in [-0.15, -0.1) is 0 Å². The third-order valence-electron chi connectivity index (χ3n) is 4.75. The molecule has 0 bridgehead atoms. The Morgan fingerprint density at radius 3 is 2.67 bits per heavy atom. The fourth-order valence-corrected chi connectivity index (χ4v) is 3.60. The Balaban J connectivity index is 2.03. The number of aromatic nitrogens is 1. The van der Waals surface area contributed by atoms with E-state index in [2.05, 4.69) is 22.0 Å². The summed E-state index contributed by atoms with van der Waals surface area (Å²) in [6.07, 6.45) is 2.68. The molecule has 3 rings (SSSR count). The first-order valence-electron chi connectivity index (χ1n) is 8.66. The Labute approximate surface area is 142 Å². The summed E-state index contributed by atoms with van der Waals surface area (Å²) in [7, 11) is 0. The van der Waals surface area contributed by atoms with Crippen LogP contribution in [-0.2, 0) is 24.2 Å². The minimum absolute atomic E-state index is 0.0152. The average Bonchev–Trinajstić information content (AvgIpc) is 2.83. The van der Waals surface area contributed by atoms with Gasteiger partial charge < -0.3 is 9.88 Å². The van der Waals surface area contributed by atoms with E-state index < -0.39 is 0 Å². The molecule has 4 nitrogen and oxygen atoms in total. The number of carbonyl (C=O) groups is 2. The van der Waals surface area contributed by atoms with Crippen molar-refractivity contribution in [1.29, 1.82) is 0 Å². The first kappa shape index (κ1) is 16.5.